The van der Waals surface area contributed by atoms with Gasteiger partial charge in [0.15, 0.2) is 0 Å². The molecule has 1 aromatic heterocycles. The van der Waals surface area contributed by atoms with E-state index in [4.69, 9.17) is 5.11 Å². The molecule has 1 atom stereocenters. The number of thiophene rings is 1. The van der Waals surface area contributed by atoms with Crippen molar-refractivity contribution in [2.24, 2.45) is 5.92 Å². The van der Waals surface area contributed by atoms with Crippen LogP contribution in [0.5, 0.6) is 0 Å². The second-order valence-corrected chi connectivity index (χ2v) is 6.08. The van der Waals surface area contributed by atoms with E-state index in [-0.39, 0.29) is 0 Å². The van der Waals surface area contributed by atoms with Gasteiger partial charge in [-0.2, -0.15) is 0 Å². The summed E-state index contributed by atoms with van der Waals surface area (Å²) in [5.74, 6) is -0.0581. The Labute approximate surface area is 112 Å². The minimum atomic E-state index is -0.663. The van der Waals surface area contributed by atoms with Gasteiger partial charge in [-0.1, -0.05) is 6.07 Å². The Morgan fingerprint density at radius 3 is 2.83 bits per heavy atom. The zero-order valence-corrected chi connectivity index (χ0v) is 11.7. The number of carboxylic acids is 1. The van der Waals surface area contributed by atoms with E-state index >= 15 is 0 Å². The lowest BCUT2D eigenvalue weighted by atomic mass is 9.91. The molecule has 0 aromatic carbocycles. The fourth-order valence-electron chi connectivity index (χ4n) is 2.67. The summed E-state index contributed by atoms with van der Waals surface area (Å²) in [5, 5.41) is 10.8. The first-order chi connectivity index (χ1) is 8.66. The Bertz CT molecular complexity index is 369. The number of hydrogen-bond donors (Lipinski definition) is 1. The van der Waals surface area contributed by atoms with Gasteiger partial charge in [0.1, 0.15) is 0 Å². The summed E-state index contributed by atoms with van der Waals surface area (Å²) >= 11 is 1.82. The highest BCUT2D eigenvalue weighted by atomic mass is 32.1. The van der Waals surface area contributed by atoms with Crippen LogP contribution in [-0.2, 0) is 4.79 Å². The lowest BCUT2D eigenvalue weighted by molar-refractivity contribution is -0.137. The van der Waals surface area contributed by atoms with Crippen molar-refractivity contribution in [1.82, 2.24) is 4.90 Å². The first-order valence-electron chi connectivity index (χ1n) is 6.66. The van der Waals surface area contributed by atoms with E-state index < -0.39 is 5.97 Å². The molecule has 0 amide bonds. The molecule has 18 heavy (non-hydrogen) atoms. The average Bonchev–Trinajstić information content (AvgIpc) is 2.90. The van der Waals surface area contributed by atoms with Crippen LogP contribution in [0.1, 0.15) is 43.5 Å². The average molecular weight is 267 g/mol. The van der Waals surface area contributed by atoms with Crippen LogP contribution in [0.2, 0.25) is 0 Å². The Morgan fingerprint density at radius 1 is 1.56 bits per heavy atom. The Balaban J connectivity index is 1.78. The molecule has 0 bridgehead atoms. The van der Waals surface area contributed by atoms with Gasteiger partial charge in [-0.25, -0.2) is 0 Å². The molecule has 2 heterocycles. The first kappa shape index (κ1) is 13.6. The number of aliphatic carboxylic acids is 1. The molecule has 1 aliphatic rings. The Morgan fingerprint density at radius 2 is 2.28 bits per heavy atom. The molecule has 2 rings (SSSR count). The van der Waals surface area contributed by atoms with Crippen molar-refractivity contribution in [1.29, 1.82) is 0 Å². The zero-order valence-electron chi connectivity index (χ0n) is 10.8. The van der Waals surface area contributed by atoms with Gasteiger partial charge in [0.2, 0.25) is 0 Å². The van der Waals surface area contributed by atoms with Crippen molar-refractivity contribution in [2.75, 3.05) is 13.1 Å². The van der Waals surface area contributed by atoms with E-state index in [9.17, 15) is 4.79 Å². The fourth-order valence-corrected chi connectivity index (χ4v) is 3.48. The normalized spacial score (nSPS) is 19.8. The second-order valence-electron chi connectivity index (χ2n) is 5.10. The minimum Gasteiger partial charge on any atom is -0.481 e. The predicted octanol–water partition coefficient (Wildman–Crippen LogP) is 3.39. The van der Waals surface area contributed by atoms with Crippen LogP contribution in [0, 0.1) is 5.92 Å². The molecule has 1 N–H and O–H groups in total. The third kappa shape index (κ3) is 3.56. The first-order valence-corrected chi connectivity index (χ1v) is 7.54. The fraction of sp³-hybridized carbons (Fsp3) is 0.643. The van der Waals surface area contributed by atoms with E-state index in [1.807, 2.05) is 11.3 Å². The van der Waals surface area contributed by atoms with Crippen LogP contribution in [0.3, 0.4) is 0 Å². The largest absolute Gasteiger partial charge is 0.481 e. The van der Waals surface area contributed by atoms with E-state index in [2.05, 4.69) is 29.3 Å². The third-order valence-corrected chi connectivity index (χ3v) is 4.96. The summed E-state index contributed by atoms with van der Waals surface area (Å²) in [6.45, 7) is 4.47. The van der Waals surface area contributed by atoms with E-state index in [0.717, 1.165) is 32.4 Å². The summed E-state index contributed by atoms with van der Waals surface area (Å²) in [6, 6.07) is 4.81. The van der Waals surface area contributed by atoms with Crippen molar-refractivity contribution < 1.29 is 9.90 Å². The highest BCUT2D eigenvalue weighted by Crippen LogP contribution is 2.30. The number of likely N-dealkylation sites (tertiary alicyclic amines) is 1. The highest BCUT2D eigenvalue weighted by molar-refractivity contribution is 7.10. The van der Waals surface area contributed by atoms with Crippen LogP contribution in [0.4, 0.5) is 0 Å². The lowest BCUT2D eigenvalue weighted by Gasteiger charge is -2.35. The van der Waals surface area contributed by atoms with Crippen LogP contribution >= 0.6 is 11.3 Å². The third-order valence-electron chi connectivity index (χ3n) is 3.92. The maximum atomic E-state index is 10.6. The van der Waals surface area contributed by atoms with Crippen LogP contribution < -0.4 is 0 Å². The smallest absolute Gasteiger partial charge is 0.303 e. The molecule has 100 valence electrons. The number of carbonyl (C=O) groups is 1. The zero-order chi connectivity index (χ0) is 13.0. The van der Waals surface area contributed by atoms with Crippen molar-refractivity contribution in [3.63, 3.8) is 0 Å². The van der Waals surface area contributed by atoms with Crippen LogP contribution in [0.25, 0.3) is 0 Å². The van der Waals surface area contributed by atoms with Gasteiger partial charge in [-0.15, -0.1) is 11.3 Å². The maximum absolute atomic E-state index is 10.6. The van der Waals surface area contributed by atoms with Gasteiger partial charge in [-0.3, -0.25) is 9.69 Å². The van der Waals surface area contributed by atoms with Crippen molar-refractivity contribution in [2.45, 2.75) is 38.6 Å². The summed E-state index contributed by atoms with van der Waals surface area (Å²) in [7, 11) is 0. The lowest BCUT2D eigenvalue weighted by Crippen LogP contribution is -2.35. The molecule has 1 aliphatic heterocycles. The Kier molecular flexibility index (Phi) is 4.78. The number of rotatable bonds is 5. The molecule has 0 saturated carbocycles. The standard InChI is InChI=1S/C14H21NO2S/c1-11(13-3-2-10-18-13)15-8-6-12(7-9-15)4-5-14(16)17/h2-3,10-12H,4-9H2,1H3,(H,16,17). The summed E-state index contributed by atoms with van der Waals surface area (Å²) in [4.78, 5) is 14.5. The monoisotopic (exact) mass is 267 g/mol. The molecule has 4 heteroatoms. The molecule has 0 aliphatic carbocycles. The van der Waals surface area contributed by atoms with Gasteiger partial charge < -0.3 is 5.11 Å². The molecule has 0 radical (unpaired) electrons. The summed E-state index contributed by atoms with van der Waals surface area (Å²) in [5.41, 5.74) is 0. The molecular weight excluding hydrogens is 246 g/mol. The van der Waals surface area contributed by atoms with Gasteiger partial charge in [0.25, 0.3) is 0 Å². The molecule has 1 saturated heterocycles. The van der Waals surface area contributed by atoms with Crippen molar-refractivity contribution in [3.8, 4) is 0 Å². The summed E-state index contributed by atoms with van der Waals surface area (Å²) in [6.07, 6.45) is 3.45. The van der Waals surface area contributed by atoms with Gasteiger partial charge in [-0.05, 0) is 56.6 Å². The second kappa shape index (κ2) is 6.34. The molecule has 1 aromatic rings. The van der Waals surface area contributed by atoms with Crippen molar-refractivity contribution in [3.05, 3.63) is 22.4 Å². The number of nitrogens with zero attached hydrogens (tertiary/aromatic N) is 1. The number of carboxylic acid groups (broad SMARTS) is 1. The predicted molar refractivity (Wildman–Crippen MR) is 73.9 cm³/mol. The SMILES string of the molecule is CC(c1cccs1)N1CCC(CCC(=O)O)CC1. The Hall–Kier alpha value is -0.870. The minimum absolute atomic E-state index is 0.325. The maximum Gasteiger partial charge on any atom is 0.303 e. The number of piperidine rings is 1. The van der Waals surface area contributed by atoms with E-state index in [0.29, 0.717) is 18.4 Å². The molecule has 1 unspecified atom stereocenters. The quantitative estimate of drug-likeness (QED) is 0.889. The topological polar surface area (TPSA) is 40.5 Å². The van der Waals surface area contributed by atoms with Crippen molar-refractivity contribution >= 4 is 17.3 Å². The number of hydrogen-bond acceptors (Lipinski definition) is 3. The molecule has 0 spiro atoms. The van der Waals surface area contributed by atoms with Gasteiger partial charge >= 0.3 is 5.97 Å². The highest BCUT2D eigenvalue weighted by Gasteiger charge is 2.24. The van der Waals surface area contributed by atoms with Crippen LogP contribution in [0.15, 0.2) is 17.5 Å². The van der Waals surface area contributed by atoms with E-state index in [1.54, 1.807) is 0 Å². The van der Waals surface area contributed by atoms with Gasteiger partial charge in [0.05, 0.1) is 0 Å². The van der Waals surface area contributed by atoms with Gasteiger partial charge in [0, 0.05) is 17.3 Å². The molecule has 3 nitrogen and oxygen atoms in total. The molecular formula is C14H21NO2S. The molecule has 1 fully saturated rings. The van der Waals surface area contributed by atoms with Crippen LogP contribution in [-0.4, -0.2) is 29.1 Å². The summed E-state index contributed by atoms with van der Waals surface area (Å²) < 4.78 is 0. The van der Waals surface area contributed by atoms with E-state index in [1.165, 1.54) is 4.88 Å².